The van der Waals surface area contributed by atoms with Gasteiger partial charge in [0.25, 0.3) is 0 Å². The van der Waals surface area contributed by atoms with Crippen LogP contribution in [0.4, 0.5) is 5.69 Å². The van der Waals surface area contributed by atoms with Crippen molar-refractivity contribution in [1.29, 1.82) is 0 Å². The number of ether oxygens (including phenoxy) is 2. The number of hydrogen-bond donors (Lipinski definition) is 1. The fourth-order valence-electron chi connectivity index (χ4n) is 3.02. The first kappa shape index (κ1) is 16.3. The molecule has 0 bridgehead atoms. The average molecular weight is 305 g/mol. The lowest BCUT2D eigenvalue weighted by atomic mass is 9.75. The van der Waals surface area contributed by atoms with E-state index in [2.05, 4.69) is 5.32 Å². The molecule has 0 aromatic heterocycles. The minimum Gasteiger partial charge on any atom is -0.465 e. The molecule has 1 aromatic carbocycles. The van der Waals surface area contributed by atoms with Crippen molar-refractivity contribution in [1.82, 2.24) is 0 Å². The Bertz CT molecular complexity index is 550. The molecule has 0 spiro atoms. The molecule has 0 saturated carbocycles. The second kappa shape index (κ2) is 6.38. The molecule has 5 nitrogen and oxygen atoms in total. The number of carbonyl (C=O) groups is 2. The highest BCUT2D eigenvalue weighted by Crippen LogP contribution is 2.43. The molecule has 1 heterocycles. The minimum atomic E-state index is -0.984. The van der Waals surface area contributed by atoms with Gasteiger partial charge >= 0.3 is 11.9 Å². The van der Waals surface area contributed by atoms with E-state index in [1.54, 1.807) is 13.8 Å². The summed E-state index contributed by atoms with van der Waals surface area (Å²) in [6.45, 7) is 7.94. The SMILES string of the molecule is CCOC(=O)C(C(=O)OCC)C1Nc2ccccc2C1(C)C. The number of rotatable bonds is 5. The van der Waals surface area contributed by atoms with Gasteiger partial charge in [0.15, 0.2) is 5.92 Å². The number of esters is 2. The van der Waals surface area contributed by atoms with Gasteiger partial charge in [-0.05, 0) is 25.5 Å². The highest BCUT2D eigenvalue weighted by atomic mass is 16.6. The van der Waals surface area contributed by atoms with Gasteiger partial charge in [-0.2, -0.15) is 0 Å². The number of para-hydroxylation sites is 1. The molecule has 1 aliphatic rings. The predicted octanol–water partition coefficient (Wildman–Crippen LogP) is 2.50. The predicted molar refractivity (Wildman–Crippen MR) is 83.6 cm³/mol. The summed E-state index contributed by atoms with van der Waals surface area (Å²) in [6.07, 6.45) is 0. The summed E-state index contributed by atoms with van der Waals surface area (Å²) in [4.78, 5) is 24.6. The van der Waals surface area contributed by atoms with Crippen molar-refractivity contribution in [3.63, 3.8) is 0 Å². The maximum absolute atomic E-state index is 12.3. The molecule has 0 fully saturated rings. The lowest BCUT2D eigenvalue weighted by molar-refractivity contribution is -0.163. The monoisotopic (exact) mass is 305 g/mol. The van der Waals surface area contributed by atoms with Gasteiger partial charge in [-0.25, -0.2) is 0 Å². The average Bonchev–Trinajstić information content (AvgIpc) is 2.72. The Balaban J connectivity index is 2.37. The third-order valence-electron chi connectivity index (χ3n) is 4.12. The van der Waals surface area contributed by atoms with E-state index in [0.717, 1.165) is 11.3 Å². The Kier molecular flexibility index (Phi) is 4.74. The second-order valence-electron chi connectivity index (χ2n) is 5.87. The maximum Gasteiger partial charge on any atom is 0.322 e. The number of nitrogens with one attached hydrogen (secondary N) is 1. The first-order chi connectivity index (χ1) is 10.4. The summed E-state index contributed by atoms with van der Waals surface area (Å²) in [6, 6.07) is 7.44. The highest BCUT2D eigenvalue weighted by molar-refractivity contribution is 5.97. The zero-order chi connectivity index (χ0) is 16.3. The first-order valence-electron chi connectivity index (χ1n) is 7.62. The van der Waals surface area contributed by atoms with Crippen molar-refractivity contribution in [2.45, 2.75) is 39.2 Å². The molecule has 1 unspecified atom stereocenters. The summed E-state index contributed by atoms with van der Waals surface area (Å²) in [5.74, 6) is -2.07. The van der Waals surface area contributed by atoms with E-state index in [-0.39, 0.29) is 18.6 Å². The van der Waals surface area contributed by atoms with Crippen LogP contribution in [0.5, 0.6) is 0 Å². The van der Waals surface area contributed by atoms with Crippen LogP contribution in [0.25, 0.3) is 0 Å². The summed E-state index contributed by atoms with van der Waals surface area (Å²) < 4.78 is 10.2. The minimum absolute atomic E-state index is 0.231. The van der Waals surface area contributed by atoms with Crippen LogP contribution in [0.2, 0.25) is 0 Å². The van der Waals surface area contributed by atoms with Crippen LogP contribution in [0, 0.1) is 5.92 Å². The van der Waals surface area contributed by atoms with Crippen LogP contribution in [0.1, 0.15) is 33.3 Å². The summed E-state index contributed by atoms with van der Waals surface area (Å²) >= 11 is 0. The number of benzene rings is 1. The molecule has 1 aromatic rings. The van der Waals surface area contributed by atoms with Gasteiger partial charge in [-0.15, -0.1) is 0 Å². The molecule has 2 rings (SSSR count). The zero-order valence-corrected chi connectivity index (χ0v) is 13.5. The van der Waals surface area contributed by atoms with Crippen LogP contribution in [-0.2, 0) is 24.5 Å². The van der Waals surface area contributed by atoms with Gasteiger partial charge in [0.05, 0.1) is 19.3 Å². The third kappa shape index (κ3) is 2.80. The van der Waals surface area contributed by atoms with E-state index in [4.69, 9.17) is 9.47 Å². The molecule has 1 aliphatic heterocycles. The number of fused-ring (bicyclic) bond motifs is 1. The van der Waals surface area contributed by atoms with Gasteiger partial charge in [0.1, 0.15) is 0 Å². The zero-order valence-electron chi connectivity index (χ0n) is 13.5. The van der Waals surface area contributed by atoms with Gasteiger partial charge in [0, 0.05) is 11.1 Å². The van der Waals surface area contributed by atoms with Crippen LogP contribution in [-0.4, -0.2) is 31.2 Å². The summed E-state index contributed by atoms with van der Waals surface area (Å²) in [7, 11) is 0. The molecular formula is C17H23NO4. The van der Waals surface area contributed by atoms with Crippen LogP contribution < -0.4 is 5.32 Å². The van der Waals surface area contributed by atoms with E-state index >= 15 is 0 Å². The maximum atomic E-state index is 12.3. The van der Waals surface area contributed by atoms with Crippen molar-refractivity contribution in [2.24, 2.45) is 5.92 Å². The van der Waals surface area contributed by atoms with Gasteiger partial charge in [0.2, 0.25) is 0 Å². The van der Waals surface area contributed by atoms with Crippen molar-refractivity contribution < 1.29 is 19.1 Å². The van der Waals surface area contributed by atoms with Gasteiger partial charge < -0.3 is 14.8 Å². The third-order valence-corrected chi connectivity index (χ3v) is 4.12. The van der Waals surface area contributed by atoms with Gasteiger partial charge in [-0.3, -0.25) is 9.59 Å². The van der Waals surface area contributed by atoms with E-state index < -0.39 is 23.9 Å². The quantitative estimate of drug-likeness (QED) is 0.669. The normalized spacial score (nSPS) is 18.5. The molecule has 1 N–H and O–H groups in total. The van der Waals surface area contributed by atoms with E-state index in [9.17, 15) is 9.59 Å². The molecule has 0 saturated heterocycles. The smallest absolute Gasteiger partial charge is 0.322 e. The first-order valence-corrected chi connectivity index (χ1v) is 7.62. The fourth-order valence-corrected chi connectivity index (χ4v) is 3.02. The van der Waals surface area contributed by atoms with Crippen LogP contribution in [0.15, 0.2) is 24.3 Å². The Morgan fingerprint density at radius 3 is 2.18 bits per heavy atom. The van der Waals surface area contributed by atoms with Crippen LogP contribution in [0.3, 0.4) is 0 Å². The lowest BCUT2D eigenvalue weighted by Gasteiger charge is -2.31. The molecule has 0 radical (unpaired) electrons. The van der Waals surface area contributed by atoms with Gasteiger partial charge in [-0.1, -0.05) is 32.0 Å². The number of anilines is 1. The Labute approximate surface area is 131 Å². The number of hydrogen-bond acceptors (Lipinski definition) is 5. The van der Waals surface area contributed by atoms with Crippen molar-refractivity contribution in [3.8, 4) is 0 Å². The summed E-state index contributed by atoms with van der Waals surface area (Å²) in [5.41, 5.74) is 1.63. The van der Waals surface area contributed by atoms with E-state index in [0.29, 0.717) is 0 Å². The molecule has 0 amide bonds. The molecule has 5 heteroatoms. The second-order valence-corrected chi connectivity index (χ2v) is 5.87. The number of carbonyl (C=O) groups excluding carboxylic acids is 2. The van der Waals surface area contributed by atoms with Crippen molar-refractivity contribution in [3.05, 3.63) is 29.8 Å². The molecule has 22 heavy (non-hydrogen) atoms. The van der Waals surface area contributed by atoms with Crippen molar-refractivity contribution in [2.75, 3.05) is 18.5 Å². The Hall–Kier alpha value is -2.04. The molecule has 1 atom stereocenters. The molecular weight excluding hydrogens is 282 g/mol. The standard InChI is InChI=1S/C17H23NO4/c1-5-21-15(19)13(16(20)22-6-2)14-17(3,4)11-9-7-8-10-12(11)18-14/h7-10,13-14,18H,5-6H2,1-4H3. The Morgan fingerprint density at radius 1 is 1.14 bits per heavy atom. The van der Waals surface area contributed by atoms with Crippen LogP contribution >= 0.6 is 0 Å². The van der Waals surface area contributed by atoms with E-state index in [1.807, 2.05) is 38.1 Å². The molecule has 120 valence electrons. The fraction of sp³-hybridized carbons (Fsp3) is 0.529. The molecule has 0 aliphatic carbocycles. The topological polar surface area (TPSA) is 64.6 Å². The highest BCUT2D eigenvalue weighted by Gasteiger charge is 2.50. The van der Waals surface area contributed by atoms with Crippen molar-refractivity contribution >= 4 is 17.6 Å². The largest absolute Gasteiger partial charge is 0.465 e. The lowest BCUT2D eigenvalue weighted by Crippen LogP contribution is -2.48. The van der Waals surface area contributed by atoms with E-state index in [1.165, 1.54) is 0 Å². The summed E-state index contributed by atoms with van der Waals surface area (Å²) in [5, 5.41) is 3.30. The Morgan fingerprint density at radius 2 is 1.68 bits per heavy atom.